The number of amides is 1. The minimum atomic E-state index is -1.21. The third kappa shape index (κ3) is 4.41. The van der Waals surface area contributed by atoms with E-state index in [1.165, 1.54) is 0 Å². The highest BCUT2D eigenvalue weighted by Crippen LogP contribution is 2.29. The molecule has 1 atom stereocenters. The molecule has 0 saturated heterocycles. The van der Waals surface area contributed by atoms with Crippen LogP contribution in [0.1, 0.15) is 55.9 Å². The predicted octanol–water partition coefficient (Wildman–Crippen LogP) is 3.66. The van der Waals surface area contributed by atoms with Crippen molar-refractivity contribution in [2.75, 3.05) is 7.11 Å². The molecule has 0 heterocycles. The zero-order valence-electron chi connectivity index (χ0n) is 13.9. The molecule has 0 spiro atoms. The van der Waals surface area contributed by atoms with Crippen LogP contribution in [-0.4, -0.2) is 29.6 Å². The van der Waals surface area contributed by atoms with Gasteiger partial charge in [0.25, 0.3) is 0 Å². The highest BCUT2D eigenvalue weighted by molar-refractivity contribution is 6.31. The molecule has 1 aliphatic rings. The van der Waals surface area contributed by atoms with Crippen molar-refractivity contribution in [3.8, 4) is 5.75 Å². The Labute approximate surface area is 147 Å². The van der Waals surface area contributed by atoms with E-state index in [1.54, 1.807) is 31.4 Å². The lowest BCUT2D eigenvalue weighted by Gasteiger charge is -2.33. The van der Waals surface area contributed by atoms with Crippen LogP contribution >= 0.6 is 11.6 Å². The van der Waals surface area contributed by atoms with Gasteiger partial charge in [-0.25, -0.2) is 4.79 Å². The topological polar surface area (TPSA) is 75.6 Å². The monoisotopic (exact) mass is 353 g/mol. The SMILES string of the molecule is COc1ccc(C(Cl)C(=O)NC2(C(=O)O)CCCCCCC2)cc1. The Kier molecular flexibility index (Phi) is 6.49. The number of nitrogens with one attached hydrogen (secondary N) is 1. The van der Waals surface area contributed by atoms with Crippen molar-refractivity contribution in [2.45, 2.75) is 55.9 Å². The number of alkyl halides is 1. The molecule has 0 bridgehead atoms. The Morgan fingerprint density at radius 3 is 2.17 bits per heavy atom. The van der Waals surface area contributed by atoms with Crippen molar-refractivity contribution in [3.05, 3.63) is 29.8 Å². The second-order valence-electron chi connectivity index (χ2n) is 6.28. The van der Waals surface area contributed by atoms with Gasteiger partial charge in [-0.2, -0.15) is 0 Å². The van der Waals surface area contributed by atoms with Crippen LogP contribution in [0.25, 0.3) is 0 Å². The Hall–Kier alpha value is -1.75. The molecule has 5 nitrogen and oxygen atoms in total. The Balaban J connectivity index is 2.12. The van der Waals surface area contributed by atoms with Crippen molar-refractivity contribution in [2.24, 2.45) is 0 Å². The maximum atomic E-state index is 12.5. The van der Waals surface area contributed by atoms with E-state index in [4.69, 9.17) is 16.3 Å². The maximum absolute atomic E-state index is 12.5. The number of carboxylic acid groups (broad SMARTS) is 1. The summed E-state index contributed by atoms with van der Waals surface area (Å²) in [7, 11) is 1.56. The molecule has 1 aromatic rings. The van der Waals surface area contributed by atoms with E-state index in [0.717, 1.165) is 32.1 Å². The summed E-state index contributed by atoms with van der Waals surface area (Å²) in [6.45, 7) is 0. The predicted molar refractivity (Wildman–Crippen MR) is 92.4 cm³/mol. The summed E-state index contributed by atoms with van der Waals surface area (Å²) in [4.78, 5) is 24.4. The van der Waals surface area contributed by atoms with E-state index >= 15 is 0 Å². The molecule has 1 unspecified atom stereocenters. The van der Waals surface area contributed by atoms with E-state index in [9.17, 15) is 14.7 Å². The standard InChI is InChI=1S/C18H24ClNO4/c1-24-14-9-7-13(8-10-14)15(19)16(21)20-18(17(22)23)11-5-3-2-4-6-12-18/h7-10,15H,2-6,11-12H2,1H3,(H,20,21)(H,22,23). The average molecular weight is 354 g/mol. The van der Waals surface area contributed by atoms with Gasteiger partial charge in [0.2, 0.25) is 5.91 Å². The first-order valence-electron chi connectivity index (χ1n) is 8.32. The number of methoxy groups -OCH3 is 1. The normalized spacial score (nSPS) is 18.8. The molecule has 0 radical (unpaired) electrons. The van der Waals surface area contributed by atoms with Crippen molar-refractivity contribution in [1.29, 1.82) is 0 Å². The molecule has 24 heavy (non-hydrogen) atoms. The van der Waals surface area contributed by atoms with Gasteiger partial charge in [0.15, 0.2) is 0 Å². The van der Waals surface area contributed by atoms with Crippen LogP contribution in [0, 0.1) is 0 Å². The van der Waals surface area contributed by atoms with Gasteiger partial charge < -0.3 is 15.2 Å². The summed E-state index contributed by atoms with van der Waals surface area (Å²) in [6.07, 6.45) is 5.58. The summed E-state index contributed by atoms with van der Waals surface area (Å²) >= 11 is 6.27. The number of carboxylic acids is 1. The van der Waals surface area contributed by atoms with Gasteiger partial charge in [0.1, 0.15) is 16.7 Å². The van der Waals surface area contributed by atoms with Crippen molar-refractivity contribution >= 4 is 23.5 Å². The smallest absolute Gasteiger partial charge is 0.329 e. The number of carbonyl (C=O) groups is 2. The highest BCUT2D eigenvalue weighted by atomic mass is 35.5. The van der Waals surface area contributed by atoms with Crippen LogP contribution in [0.5, 0.6) is 5.75 Å². The summed E-state index contributed by atoms with van der Waals surface area (Å²) in [5.41, 5.74) is -0.599. The van der Waals surface area contributed by atoms with Crippen LogP contribution in [0.2, 0.25) is 0 Å². The van der Waals surface area contributed by atoms with Gasteiger partial charge >= 0.3 is 5.97 Å². The molecule has 1 amide bonds. The molecule has 6 heteroatoms. The van der Waals surface area contributed by atoms with E-state index < -0.39 is 22.8 Å². The number of benzene rings is 1. The van der Waals surface area contributed by atoms with Crippen molar-refractivity contribution < 1.29 is 19.4 Å². The third-order valence-electron chi connectivity index (χ3n) is 4.62. The van der Waals surface area contributed by atoms with Crippen LogP contribution in [-0.2, 0) is 9.59 Å². The molecule has 2 N–H and O–H groups in total. The van der Waals surface area contributed by atoms with Gasteiger partial charge in [-0.05, 0) is 30.5 Å². The lowest BCUT2D eigenvalue weighted by Crippen LogP contribution is -2.55. The molecule has 1 aliphatic carbocycles. The molecule has 2 rings (SSSR count). The van der Waals surface area contributed by atoms with Crippen LogP contribution in [0.4, 0.5) is 0 Å². The molecule has 0 aromatic heterocycles. The number of aliphatic carboxylic acids is 1. The molecule has 1 aromatic carbocycles. The number of rotatable bonds is 5. The van der Waals surface area contributed by atoms with Crippen LogP contribution < -0.4 is 10.1 Å². The average Bonchev–Trinajstić information content (AvgIpc) is 2.56. The first-order chi connectivity index (χ1) is 11.5. The van der Waals surface area contributed by atoms with E-state index in [0.29, 0.717) is 24.2 Å². The van der Waals surface area contributed by atoms with E-state index in [2.05, 4.69) is 5.32 Å². The molecule has 1 fully saturated rings. The van der Waals surface area contributed by atoms with Crippen LogP contribution in [0.3, 0.4) is 0 Å². The van der Waals surface area contributed by atoms with Crippen molar-refractivity contribution in [3.63, 3.8) is 0 Å². The number of ether oxygens (including phenoxy) is 1. The summed E-state index contributed by atoms with van der Waals surface area (Å²) in [6, 6.07) is 6.87. The number of hydrogen-bond donors (Lipinski definition) is 2. The summed E-state index contributed by atoms with van der Waals surface area (Å²) in [5, 5.41) is 11.5. The highest BCUT2D eigenvalue weighted by Gasteiger charge is 2.40. The Morgan fingerprint density at radius 2 is 1.67 bits per heavy atom. The molecule has 132 valence electrons. The van der Waals surface area contributed by atoms with Crippen molar-refractivity contribution in [1.82, 2.24) is 5.32 Å². The molecule has 1 saturated carbocycles. The zero-order chi connectivity index (χ0) is 17.6. The summed E-state index contributed by atoms with van der Waals surface area (Å²) < 4.78 is 5.08. The maximum Gasteiger partial charge on any atom is 0.329 e. The first-order valence-corrected chi connectivity index (χ1v) is 8.75. The Morgan fingerprint density at radius 1 is 1.12 bits per heavy atom. The number of halogens is 1. The van der Waals surface area contributed by atoms with Gasteiger partial charge in [-0.15, -0.1) is 11.6 Å². The quantitative estimate of drug-likeness (QED) is 0.792. The number of hydrogen-bond acceptors (Lipinski definition) is 3. The third-order valence-corrected chi connectivity index (χ3v) is 5.07. The Bertz CT molecular complexity index is 565. The first kappa shape index (κ1) is 18.6. The second-order valence-corrected chi connectivity index (χ2v) is 6.72. The molecule has 0 aliphatic heterocycles. The molecular formula is C18H24ClNO4. The minimum Gasteiger partial charge on any atom is -0.497 e. The van der Waals surface area contributed by atoms with Gasteiger partial charge in [-0.3, -0.25) is 4.79 Å². The van der Waals surface area contributed by atoms with E-state index in [1.807, 2.05) is 0 Å². The van der Waals surface area contributed by atoms with Crippen LogP contribution in [0.15, 0.2) is 24.3 Å². The molecular weight excluding hydrogens is 330 g/mol. The lowest BCUT2D eigenvalue weighted by atomic mass is 9.83. The largest absolute Gasteiger partial charge is 0.497 e. The van der Waals surface area contributed by atoms with Gasteiger partial charge in [-0.1, -0.05) is 44.2 Å². The second kappa shape index (κ2) is 8.38. The lowest BCUT2D eigenvalue weighted by molar-refractivity contribution is -0.148. The van der Waals surface area contributed by atoms with Gasteiger partial charge in [0, 0.05) is 0 Å². The summed E-state index contributed by atoms with van der Waals surface area (Å²) in [5.74, 6) is -0.772. The fraction of sp³-hybridized carbons (Fsp3) is 0.556. The zero-order valence-corrected chi connectivity index (χ0v) is 14.6. The van der Waals surface area contributed by atoms with E-state index in [-0.39, 0.29) is 0 Å². The minimum absolute atomic E-state index is 0.445. The number of carbonyl (C=O) groups excluding carboxylic acids is 1. The van der Waals surface area contributed by atoms with Gasteiger partial charge in [0.05, 0.1) is 7.11 Å². The fourth-order valence-corrected chi connectivity index (χ4v) is 3.32. The fourth-order valence-electron chi connectivity index (χ4n) is 3.12.